The van der Waals surface area contributed by atoms with Crippen molar-refractivity contribution < 1.29 is 14.7 Å². The van der Waals surface area contributed by atoms with E-state index in [4.69, 9.17) is 5.11 Å². The van der Waals surface area contributed by atoms with Crippen molar-refractivity contribution in [2.24, 2.45) is 5.41 Å². The average molecular weight is 216 g/mol. The first-order valence-corrected chi connectivity index (χ1v) is 4.98. The Balaban J connectivity index is 3.80. The first-order chi connectivity index (χ1) is 6.91. The SMILES string of the molecule is C[C@@H](CNC(=O)CC(C)(C)CO)NC=O. The fourth-order valence-corrected chi connectivity index (χ4v) is 0.995. The standard InChI is InChI=1S/C10H20N2O3/c1-8(12-7-14)5-11-9(15)4-10(2,3)6-13/h7-8,13H,4-6H2,1-3H3,(H,11,15)(H,12,14)/t8-/m0/s1. The van der Waals surface area contributed by atoms with Gasteiger partial charge < -0.3 is 15.7 Å². The normalized spacial score (nSPS) is 13.1. The molecule has 5 nitrogen and oxygen atoms in total. The summed E-state index contributed by atoms with van der Waals surface area (Å²) in [6, 6.07) is -0.0799. The van der Waals surface area contributed by atoms with E-state index in [-0.39, 0.29) is 25.0 Å². The van der Waals surface area contributed by atoms with Crippen molar-refractivity contribution in [3.8, 4) is 0 Å². The lowest BCUT2D eigenvalue weighted by Gasteiger charge is -2.21. The molecule has 0 aromatic heterocycles. The molecule has 0 aliphatic carbocycles. The van der Waals surface area contributed by atoms with Crippen LogP contribution in [0.25, 0.3) is 0 Å². The molecule has 0 unspecified atom stereocenters. The second-order valence-electron chi connectivity index (χ2n) is 4.49. The van der Waals surface area contributed by atoms with Gasteiger partial charge in [-0.2, -0.15) is 0 Å². The molecule has 0 saturated carbocycles. The fraction of sp³-hybridized carbons (Fsp3) is 0.800. The van der Waals surface area contributed by atoms with Gasteiger partial charge in [0.25, 0.3) is 0 Å². The summed E-state index contributed by atoms with van der Waals surface area (Å²) in [5.74, 6) is -0.117. The third kappa shape index (κ3) is 6.90. The molecule has 0 aliphatic rings. The summed E-state index contributed by atoms with van der Waals surface area (Å²) in [4.78, 5) is 21.5. The number of hydrogen-bond donors (Lipinski definition) is 3. The van der Waals surface area contributed by atoms with Crippen LogP contribution < -0.4 is 10.6 Å². The minimum absolute atomic E-state index is 0.0252. The Morgan fingerprint density at radius 1 is 1.53 bits per heavy atom. The fourth-order valence-electron chi connectivity index (χ4n) is 0.995. The van der Waals surface area contributed by atoms with Crippen molar-refractivity contribution in [3.05, 3.63) is 0 Å². The Kier molecular flexibility index (Phi) is 5.93. The molecule has 3 N–H and O–H groups in total. The third-order valence-corrected chi connectivity index (χ3v) is 2.03. The zero-order chi connectivity index (χ0) is 11.9. The van der Waals surface area contributed by atoms with Crippen molar-refractivity contribution in [1.82, 2.24) is 10.6 Å². The van der Waals surface area contributed by atoms with Gasteiger partial charge in [0.05, 0.1) is 0 Å². The van der Waals surface area contributed by atoms with Gasteiger partial charge in [-0.1, -0.05) is 13.8 Å². The summed E-state index contributed by atoms with van der Waals surface area (Å²) < 4.78 is 0. The minimum atomic E-state index is -0.397. The maximum Gasteiger partial charge on any atom is 0.220 e. The number of carbonyl (C=O) groups excluding carboxylic acids is 2. The van der Waals surface area contributed by atoms with Gasteiger partial charge in [0.1, 0.15) is 0 Å². The predicted octanol–water partition coefficient (Wildman–Crippen LogP) is -0.354. The van der Waals surface area contributed by atoms with Crippen LogP contribution in [0.5, 0.6) is 0 Å². The van der Waals surface area contributed by atoms with Crippen LogP contribution in [-0.2, 0) is 9.59 Å². The van der Waals surface area contributed by atoms with Crippen LogP contribution in [0.1, 0.15) is 27.2 Å². The van der Waals surface area contributed by atoms with Gasteiger partial charge in [0.15, 0.2) is 0 Å². The molecule has 15 heavy (non-hydrogen) atoms. The molecule has 5 heteroatoms. The van der Waals surface area contributed by atoms with Crippen molar-refractivity contribution in [1.29, 1.82) is 0 Å². The summed E-state index contributed by atoms with van der Waals surface area (Å²) in [7, 11) is 0. The molecule has 0 saturated heterocycles. The van der Waals surface area contributed by atoms with Crippen molar-refractivity contribution in [2.45, 2.75) is 33.2 Å². The molecule has 0 rings (SSSR count). The Bertz CT molecular complexity index is 217. The average Bonchev–Trinajstić information content (AvgIpc) is 2.15. The lowest BCUT2D eigenvalue weighted by Crippen LogP contribution is -2.40. The molecule has 0 spiro atoms. The Morgan fingerprint density at radius 2 is 2.13 bits per heavy atom. The van der Waals surface area contributed by atoms with Gasteiger partial charge in [-0.15, -0.1) is 0 Å². The van der Waals surface area contributed by atoms with Crippen LogP contribution in [0.2, 0.25) is 0 Å². The van der Waals surface area contributed by atoms with E-state index in [1.54, 1.807) is 6.92 Å². The molecule has 1 atom stereocenters. The highest BCUT2D eigenvalue weighted by atomic mass is 16.3. The number of aliphatic hydroxyl groups is 1. The molecular formula is C10H20N2O3. The molecule has 0 bridgehead atoms. The van der Waals surface area contributed by atoms with Crippen LogP contribution >= 0.6 is 0 Å². The Hall–Kier alpha value is -1.10. The van der Waals surface area contributed by atoms with E-state index in [0.29, 0.717) is 13.0 Å². The van der Waals surface area contributed by atoms with E-state index in [0.717, 1.165) is 0 Å². The zero-order valence-electron chi connectivity index (χ0n) is 9.54. The molecule has 0 heterocycles. The van der Waals surface area contributed by atoms with Crippen molar-refractivity contribution >= 4 is 12.3 Å². The quantitative estimate of drug-likeness (QED) is 0.509. The molecule has 0 aromatic rings. The Morgan fingerprint density at radius 3 is 2.60 bits per heavy atom. The van der Waals surface area contributed by atoms with Crippen LogP contribution in [-0.4, -0.2) is 36.6 Å². The highest BCUT2D eigenvalue weighted by Crippen LogP contribution is 2.18. The molecule has 0 radical (unpaired) electrons. The van der Waals surface area contributed by atoms with Crippen molar-refractivity contribution in [2.75, 3.05) is 13.2 Å². The van der Waals surface area contributed by atoms with Crippen molar-refractivity contribution in [3.63, 3.8) is 0 Å². The smallest absolute Gasteiger partial charge is 0.220 e. The molecule has 2 amide bonds. The zero-order valence-corrected chi connectivity index (χ0v) is 9.54. The van der Waals surface area contributed by atoms with Gasteiger partial charge in [0.2, 0.25) is 12.3 Å². The third-order valence-electron chi connectivity index (χ3n) is 2.03. The van der Waals surface area contributed by atoms with E-state index in [2.05, 4.69) is 10.6 Å². The maximum atomic E-state index is 11.4. The first-order valence-electron chi connectivity index (χ1n) is 4.98. The number of carbonyl (C=O) groups is 2. The second-order valence-corrected chi connectivity index (χ2v) is 4.49. The number of hydrogen-bond acceptors (Lipinski definition) is 3. The summed E-state index contributed by atoms with van der Waals surface area (Å²) in [5, 5.41) is 14.2. The van der Waals surface area contributed by atoms with Gasteiger partial charge in [-0.05, 0) is 12.3 Å². The lowest BCUT2D eigenvalue weighted by molar-refractivity contribution is -0.123. The summed E-state index contributed by atoms with van der Waals surface area (Å²) in [6.45, 7) is 5.81. The van der Waals surface area contributed by atoms with Crippen LogP contribution in [0.15, 0.2) is 0 Å². The topological polar surface area (TPSA) is 78.4 Å². The summed E-state index contributed by atoms with van der Waals surface area (Å²) in [5.41, 5.74) is -0.397. The van der Waals surface area contributed by atoms with E-state index >= 15 is 0 Å². The van der Waals surface area contributed by atoms with Crippen LogP contribution in [0, 0.1) is 5.41 Å². The number of rotatable bonds is 7. The predicted molar refractivity (Wildman–Crippen MR) is 57.2 cm³/mol. The molecule has 0 fully saturated rings. The number of nitrogens with one attached hydrogen (secondary N) is 2. The number of amides is 2. The Labute approximate surface area is 90.2 Å². The van der Waals surface area contributed by atoms with E-state index in [9.17, 15) is 9.59 Å². The second kappa shape index (κ2) is 6.40. The highest BCUT2D eigenvalue weighted by molar-refractivity contribution is 5.76. The van der Waals surface area contributed by atoms with Gasteiger partial charge >= 0.3 is 0 Å². The summed E-state index contributed by atoms with van der Waals surface area (Å²) in [6.07, 6.45) is 0.881. The lowest BCUT2D eigenvalue weighted by atomic mass is 9.90. The molecular weight excluding hydrogens is 196 g/mol. The van der Waals surface area contributed by atoms with E-state index in [1.807, 2.05) is 13.8 Å². The molecule has 0 aliphatic heterocycles. The van der Waals surface area contributed by atoms with E-state index in [1.165, 1.54) is 0 Å². The van der Waals surface area contributed by atoms with Gasteiger partial charge in [-0.25, -0.2) is 0 Å². The van der Waals surface area contributed by atoms with E-state index < -0.39 is 5.41 Å². The van der Waals surface area contributed by atoms with Gasteiger partial charge in [-0.3, -0.25) is 9.59 Å². The largest absolute Gasteiger partial charge is 0.396 e. The van der Waals surface area contributed by atoms with Crippen LogP contribution in [0.3, 0.4) is 0 Å². The molecule has 88 valence electrons. The number of aliphatic hydroxyl groups excluding tert-OH is 1. The molecule has 0 aromatic carbocycles. The monoisotopic (exact) mass is 216 g/mol. The van der Waals surface area contributed by atoms with Crippen LogP contribution in [0.4, 0.5) is 0 Å². The first kappa shape index (κ1) is 13.9. The summed E-state index contributed by atoms with van der Waals surface area (Å²) >= 11 is 0. The highest BCUT2D eigenvalue weighted by Gasteiger charge is 2.20. The minimum Gasteiger partial charge on any atom is -0.396 e. The maximum absolute atomic E-state index is 11.4. The van der Waals surface area contributed by atoms with Gasteiger partial charge in [0, 0.05) is 25.6 Å².